The Kier molecular flexibility index (Phi) is 12.9. The quantitative estimate of drug-likeness (QED) is 0.177. The van der Waals surface area contributed by atoms with Gasteiger partial charge < -0.3 is 20.5 Å². The van der Waals surface area contributed by atoms with Gasteiger partial charge in [0.25, 0.3) is 0 Å². The van der Waals surface area contributed by atoms with Gasteiger partial charge in [-0.05, 0) is 81.2 Å². The van der Waals surface area contributed by atoms with Gasteiger partial charge in [0.05, 0.1) is 6.04 Å². The van der Waals surface area contributed by atoms with Crippen LogP contribution in [0.2, 0.25) is 0 Å². The molecule has 2 aromatic carbocycles. The van der Waals surface area contributed by atoms with Crippen molar-refractivity contribution in [2.45, 2.75) is 130 Å². The van der Waals surface area contributed by atoms with Crippen molar-refractivity contribution in [3.63, 3.8) is 0 Å². The van der Waals surface area contributed by atoms with Crippen LogP contribution in [0, 0.1) is 25.7 Å². The number of hydrogen-bond acceptors (Lipinski definition) is 5. The monoisotopic (exact) mass is 696 g/mol. The number of amides is 3. The highest BCUT2D eigenvalue weighted by Gasteiger charge is 2.41. The van der Waals surface area contributed by atoms with E-state index in [2.05, 4.69) is 47.7 Å². The summed E-state index contributed by atoms with van der Waals surface area (Å²) >= 11 is 0. The summed E-state index contributed by atoms with van der Waals surface area (Å²) in [6, 6.07) is 11.9. The Morgan fingerprint density at radius 2 is 1.67 bits per heavy atom. The highest BCUT2D eigenvalue weighted by Crippen LogP contribution is 2.33. The van der Waals surface area contributed by atoms with Gasteiger partial charge in [0.2, 0.25) is 17.7 Å². The summed E-state index contributed by atoms with van der Waals surface area (Å²) in [5.74, 6) is -1.65. The number of Topliss-reactive ketones (excluding diaryl/α,β-unsaturated/α-hetero) is 2. The third-order valence-corrected chi connectivity index (χ3v) is 11.0. The van der Waals surface area contributed by atoms with Crippen LogP contribution in [0.3, 0.4) is 0 Å². The van der Waals surface area contributed by atoms with E-state index in [9.17, 15) is 24.0 Å². The lowest BCUT2D eigenvalue weighted by atomic mass is 9.87. The molecule has 0 aliphatic carbocycles. The first kappa shape index (κ1) is 38.0. The molecule has 2 saturated heterocycles. The molecule has 9 nitrogen and oxygen atoms in total. The van der Waals surface area contributed by atoms with Gasteiger partial charge in [-0.1, -0.05) is 75.4 Å². The fourth-order valence-electron chi connectivity index (χ4n) is 7.90. The van der Waals surface area contributed by atoms with Gasteiger partial charge in [0.15, 0.2) is 5.78 Å². The van der Waals surface area contributed by atoms with Gasteiger partial charge in [0.1, 0.15) is 17.9 Å². The Labute approximate surface area is 302 Å². The average molecular weight is 697 g/mol. The largest absolute Gasteiger partial charge is 0.354 e. The van der Waals surface area contributed by atoms with Crippen molar-refractivity contribution in [2.75, 3.05) is 6.54 Å². The highest BCUT2D eigenvalue weighted by atomic mass is 16.2. The van der Waals surface area contributed by atoms with E-state index in [1.165, 1.54) is 0 Å². The second-order valence-corrected chi connectivity index (χ2v) is 14.9. The van der Waals surface area contributed by atoms with Crippen molar-refractivity contribution in [1.29, 1.82) is 0 Å². The number of carbonyl (C=O) groups excluding carboxylic acids is 5. The molecule has 0 unspecified atom stereocenters. The number of aromatic nitrogens is 1. The SMILES string of the molecule is CCC(=O)CCCCC[C@@H]1CC(=O)[C@H]2CCCCN2C(=O)[C@H]([C@H](C)CC)NC(=O)[C@H](Cc2c(-c3cc(C)cc(C)c3)[nH]c3ccccc23)NC1=O. The molecule has 2 aliphatic rings. The summed E-state index contributed by atoms with van der Waals surface area (Å²) < 4.78 is 0. The predicted octanol–water partition coefficient (Wildman–Crippen LogP) is 6.91. The maximum absolute atomic E-state index is 14.5. The van der Waals surface area contributed by atoms with E-state index >= 15 is 0 Å². The minimum absolute atomic E-state index is 0.0113. The van der Waals surface area contributed by atoms with Crippen molar-refractivity contribution in [3.05, 3.63) is 59.2 Å². The molecule has 0 saturated carbocycles. The number of rotatable bonds is 12. The summed E-state index contributed by atoms with van der Waals surface area (Å²) in [4.78, 5) is 74.3. The number of ketones is 2. The van der Waals surface area contributed by atoms with Gasteiger partial charge in [0, 0.05) is 54.7 Å². The number of aryl methyl sites for hydroxylation is 2. The molecule has 1 aromatic heterocycles. The summed E-state index contributed by atoms with van der Waals surface area (Å²) in [5, 5.41) is 7.14. The Morgan fingerprint density at radius 1 is 0.922 bits per heavy atom. The van der Waals surface area contributed by atoms with Crippen LogP contribution in [0.15, 0.2) is 42.5 Å². The van der Waals surface area contributed by atoms with Crippen LogP contribution >= 0.6 is 0 Å². The summed E-state index contributed by atoms with van der Waals surface area (Å²) in [5.41, 5.74) is 5.94. The zero-order valence-corrected chi connectivity index (χ0v) is 31.1. The first-order valence-corrected chi connectivity index (χ1v) is 19.1. The van der Waals surface area contributed by atoms with Crippen LogP contribution in [-0.4, -0.2) is 63.8 Å². The number of piperidine rings is 1. The lowest BCUT2D eigenvalue weighted by Gasteiger charge is -2.39. The Hall–Kier alpha value is -4.27. The molecular weight excluding hydrogens is 640 g/mol. The van der Waals surface area contributed by atoms with E-state index in [-0.39, 0.29) is 42.1 Å². The normalized spacial score (nSPS) is 22.5. The number of nitrogens with zero attached hydrogens (tertiary/aromatic N) is 1. The van der Waals surface area contributed by atoms with Gasteiger partial charge in [-0.3, -0.25) is 24.0 Å². The van der Waals surface area contributed by atoms with Gasteiger partial charge >= 0.3 is 0 Å². The summed E-state index contributed by atoms with van der Waals surface area (Å²) in [6.45, 7) is 10.4. The zero-order valence-electron chi connectivity index (χ0n) is 31.1. The van der Waals surface area contributed by atoms with Crippen LogP contribution < -0.4 is 10.6 Å². The molecule has 3 aromatic rings. The Morgan fingerprint density at radius 3 is 2.39 bits per heavy atom. The second-order valence-electron chi connectivity index (χ2n) is 14.9. The third-order valence-electron chi connectivity index (χ3n) is 11.0. The van der Waals surface area contributed by atoms with Crippen molar-refractivity contribution in [3.8, 4) is 11.3 Å². The second kappa shape index (κ2) is 17.3. The fraction of sp³-hybridized carbons (Fsp3) is 0.548. The molecule has 3 heterocycles. The van der Waals surface area contributed by atoms with Gasteiger partial charge in [-0.25, -0.2) is 0 Å². The molecule has 9 heteroatoms. The topological polar surface area (TPSA) is 128 Å². The standard InChI is InChI=1S/C42H56N4O5/c1-6-28(5)38-42(51)46-20-14-13-19-36(46)37(48)24-29(15-9-8-10-16-31(47)7-2)40(49)44-35(41(50)45-38)25-33-32-17-11-12-18-34(32)43-39(33)30-22-26(3)21-27(4)23-30/h11-12,17-18,21-23,28-29,35-36,38,43H,6-10,13-16,19-20,24-25H2,1-5H3,(H,44,49)(H,45,50)/t28-,29-,35+,36-,38+/m1/s1. The summed E-state index contributed by atoms with van der Waals surface area (Å²) in [6.07, 6.45) is 6.73. The Bertz CT molecular complexity index is 1720. The van der Waals surface area contributed by atoms with E-state index in [1.807, 2.05) is 45.0 Å². The van der Waals surface area contributed by atoms with Crippen molar-refractivity contribution in [1.82, 2.24) is 20.5 Å². The highest BCUT2D eigenvalue weighted by molar-refractivity contribution is 5.99. The number of H-pyrrole nitrogens is 1. The van der Waals surface area contributed by atoms with Crippen LogP contribution in [-0.2, 0) is 30.4 Å². The van der Waals surface area contributed by atoms with Crippen LogP contribution in [0.25, 0.3) is 22.2 Å². The van der Waals surface area contributed by atoms with Crippen molar-refractivity contribution >= 4 is 40.2 Å². The zero-order chi connectivity index (χ0) is 36.7. The van der Waals surface area contributed by atoms with E-state index in [0.717, 1.165) is 64.5 Å². The first-order valence-electron chi connectivity index (χ1n) is 19.1. The minimum Gasteiger partial charge on any atom is -0.354 e. The number of aromatic amines is 1. The Balaban J connectivity index is 1.53. The predicted molar refractivity (Wildman–Crippen MR) is 201 cm³/mol. The smallest absolute Gasteiger partial charge is 0.246 e. The summed E-state index contributed by atoms with van der Waals surface area (Å²) in [7, 11) is 0. The van der Waals surface area contributed by atoms with E-state index in [1.54, 1.807) is 4.90 Å². The van der Waals surface area contributed by atoms with E-state index in [0.29, 0.717) is 45.1 Å². The molecule has 0 radical (unpaired) electrons. The number of unbranched alkanes of at least 4 members (excludes halogenated alkanes) is 2. The molecule has 0 spiro atoms. The number of nitrogens with one attached hydrogen (secondary N) is 3. The molecule has 2 fully saturated rings. The van der Waals surface area contributed by atoms with Gasteiger partial charge in [-0.2, -0.15) is 0 Å². The molecule has 0 bridgehead atoms. The molecule has 51 heavy (non-hydrogen) atoms. The van der Waals surface area contributed by atoms with Crippen LogP contribution in [0.4, 0.5) is 0 Å². The van der Waals surface area contributed by atoms with Crippen LogP contribution in [0.5, 0.6) is 0 Å². The molecule has 3 amide bonds. The number of hydrogen-bond donors (Lipinski definition) is 3. The number of para-hydroxylation sites is 1. The lowest BCUT2D eigenvalue weighted by Crippen LogP contribution is -2.61. The maximum Gasteiger partial charge on any atom is 0.246 e. The third kappa shape index (κ3) is 9.16. The fourth-order valence-corrected chi connectivity index (χ4v) is 7.90. The van der Waals surface area contributed by atoms with Crippen molar-refractivity contribution in [2.24, 2.45) is 11.8 Å². The number of fused-ring (bicyclic) bond motifs is 2. The van der Waals surface area contributed by atoms with Crippen molar-refractivity contribution < 1.29 is 24.0 Å². The van der Waals surface area contributed by atoms with Gasteiger partial charge in [-0.15, -0.1) is 0 Å². The molecular formula is C42H56N4O5. The number of carbonyl (C=O) groups is 5. The van der Waals surface area contributed by atoms with E-state index < -0.39 is 30.0 Å². The lowest BCUT2D eigenvalue weighted by molar-refractivity contribution is -0.147. The molecule has 5 rings (SSSR count). The minimum atomic E-state index is -0.989. The molecule has 5 atom stereocenters. The maximum atomic E-state index is 14.5. The molecule has 274 valence electrons. The molecule has 3 N–H and O–H groups in total. The molecule has 2 aliphatic heterocycles. The number of benzene rings is 2. The van der Waals surface area contributed by atoms with Crippen LogP contribution in [0.1, 0.15) is 108 Å². The first-order chi connectivity index (χ1) is 24.5. The average Bonchev–Trinajstić information content (AvgIpc) is 3.49. The van der Waals surface area contributed by atoms with E-state index in [4.69, 9.17) is 0 Å².